The Bertz CT molecular complexity index is 225. The highest BCUT2D eigenvalue weighted by Gasteiger charge is 2.12. The van der Waals surface area contributed by atoms with E-state index in [4.69, 9.17) is 4.74 Å². The average Bonchev–Trinajstić information content (AvgIpc) is 2.44. The molecule has 1 aliphatic carbocycles. The second kappa shape index (κ2) is 11.1. The van der Waals surface area contributed by atoms with Crippen LogP contribution in [0.1, 0.15) is 77.6 Å². The van der Waals surface area contributed by atoms with Crippen molar-refractivity contribution in [2.45, 2.75) is 77.6 Å². The molecule has 3 nitrogen and oxygen atoms in total. The first-order valence-electron chi connectivity index (χ1n) is 8.23. The smallest absolute Gasteiger partial charge is 0.407 e. The van der Waals surface area contributed by atoms with Gasteiger partial charge in [-0.15, -0.1) is 0 Å². The summed E-state index contributed by atoms with van der Waals surface area (Å²) in [6.07, 6.45) is 14.0. The summed E-state index contributed by atoms with van der Waals surface area (Å²) in [5, 5.41) is 2.82. The van der Waals surface area contributed by atoms with Gasteiger partial charge in [0, 0.05) is 6.54 Å². The van der Waals surface area contributed by atoms with E-state index in [1.54, 1.807) is 0 Å². The zero-order valence-electron chi connectivity index (χ0n) is 12.6. The molecule has 1 aliphatic rings. The third kappa shape index (κ3) is 8.90. The summed E-state index contributed by atoms with van der Waals surface area (Å²) in [4.78, 5) is 11.3. The minimum absolute atomic E-state index is 0.249. The second-order valence-electron chi connectivity index (χ2n) is 5.77. The molecule has 0 unspecified atom stereocenters. The van der Waals surface area contributed by atoms with E-state index in [1.807, 2.05) is 0 Å². The molecule has 0 saturated heterocycles. The molecule has 1 amide bonds. The van der Waals surface area contributed by atoms with E-state index in [2.05, 4.69) is 12.2 Å². The van der Waals surface area contributed by atoms with Gasteiger partial charge in [0.05, 0.1) is 6.61 Å². The quantitative estimate of drug-likeness (QED) is 0.619. The van der Waals surface area contributed by atoms with Crippen LogP contribution in [0.3, 0.4) is 0 Å². The largest absolute Gasteiger partial charge is 0.450 e. The number of carbonyl (C=O) groups is 1. The summed E-state index contributed by atoms with van der Waals surface area (Å²) < 4.78 is 5.03. The van der Waals surface area contributed by atoms with Crippen LogP contribution in [0, 0.1) is 5.92 Å². The van der Waals surface area contributed by atoms with Gasteiger partial charge in [-0.1, -0.05) is 64.7 Å². The molecule has 0 radical (unpaired) electrons. The molecule has 0 heterocycles. The van der Waals surface area contributed by atoms with E-state index in [0.29, 0.717) is 6.61 Å². The zero-order chi connectivity index (χ0) is 13.8. The van der Waals surface area contributed by atoms with Crippen LogP contribution in [-0.2, 0) is 4.74 Å². The number of nitrogens with one attached hydrogen (secondary N) is 1. The minimum atomic E-state index is -0.249. The number of hydrogen-bond acceptors (Lipinski definition) is 2. The third-order valence-electron chi connectivity index (χ3n) is 4.01. The predicted octanol–water partition coefficient (Wildman–Crippen LogP) is 4.65. The molecular formula is C16H31NO2. The molecule has 1 fully saturated rings. The predicted molar refractivity (Wildman–Crippen MR) is 79.3 cm³/mol. The van der Waals surface area contributed by atoms with E-state index >= 15 is 0 Å². The summed E-state index contributed by atoms with van der Waals surface area (Å²) in [6.45, 7) is 3.40. The molecule has 0 aromatic carbocycles. The Hall–Kier alpha value is -0.730. The number of amides is 1. The monoisotopic (exact) mass is 269 g/mol. The summed E-state index contributed by atoms with van der Waals surface area (Å²) >= 11 is 0. The number of alkyl carbamates (subject to hydrolysis) is 1. The molecule has 112 valence electrons. The Kier molecular flexibility index (Phi) is 9.56. The molecular weight excluding hydrogens is 238 g/mol. The van der Waals surface area contributed by atoms with E-state index in [1.165, 1.54) is 51.4 Å². The zero-order valence-corrected chi connectivity index (χ0v) is 12.6. The van der Waals surface area contributed by atoms with Crippen molar-refractivity contribution in [3.8, 4) is 0 Å². The van der Waals surface area contributed by atoms with Gasteiger partial charge in [0.15, 0.2) is 0 Å². The summed E-state index contributed by atoms with van der Waals surface area (Å²) in [6, 6.07) is 0. The Labute approximate surface area is 118 Å². The molecule has 0 aliphatic heterocycles. The van der Waals surface area contributed by atoms with Gasteiger partial charge < -0.3 is 10.1 Å². The van der Waals surface area contributed by atoms with Crippen molar-refractivity contribution in [1.29, 1.82) is 0 Å². The number of hydrogen-bond donors (Lipinski definition) is 1. The lowest BCUT2D eigenvalue weighted by Crippen LogP contribution is -2.25. The number of carbonyl (C=O) groups excluding carboxylic acids is 1. The van der Waals surface area contributed by atoms with Gasteiger partial charge >= 0.3 is 6.09 Å². The minimum Gasteiger partial charge on any atom is -0.450 e. The number of rotatable bonds is 9. The summed E-state index contributed by atoms with van der Waals surface area (Å²) in [5.41, 5.74) is 0. The Morgan fingerprint density at radius 3 is 2.63 bits per heavy atom. The lowest BCUT2D eigenvalue weighted by Gasteiger charge is -2.21. The standard InChI is InChI=1S/C16H31NO2/c1-2-3-14-19-16(18)17-13-9-5-8-12-15-10-6-4-7-11-15/h15H,2-14H2,1H3,(H,17,18). The molecule has 1 rings (SSSR count). The van der Waals surface area contributed by atoms with E-state index in [9.17, 15) is 4.79 Å². The van der Waals surface area contributed by atoms with Crippen molar-refractivity contribution in [2.75, 3.05) is 13.2 Å². The van der Waals surface area contributed by atoms with Crippen LogP contribution in [0.4, 0.5) is 4.79 Å². The SMILES string of the molecule is CCCCOC(=O)NCCCCCC1CCCCC1. The van der Waals surface area contributed by atoms with Gasteiger partial charge in [-0.25, -0.2) is 4.79 Å². The lowest BCUT2D eigenvalue weighted by atomic mass is 9.86. The van der Waals surface area contributed by atoms with Gasteiger partial charge in [0.2, 0.25) is 0 Å². The first-order chi connectivity index (χ1) is 9.33. The van der Waals surface area contributed by atoms with E-state index in [-0.39, 0.29) is 6.09 Å². The fourth-order valence-corrected chi connectivity index (χ4v) is 2.76. The van der Waals surface area contributed by atoms with Gasteiger partial charge in [-0.05, 0) is 18.8 Å². The van der Waals surface area contributed by atoms with Crippen molar-refractivity contribution in [2.24, 2.45) is 5.92 Å². The maximum absolute atomic E-state index is 11.3. The Balaban J connectivity index is 1.83. The first kappa shape index (κ1) is 16.3. The lowest BCUT2D eigenvalue weighted by molar-refractivity contribution is 0.144. The first-order valence-corrected chi connectivity index (χ1v) is 8.23. The van der Waals surface area contributed by atoms with Gasteiger partial charge in [-0.2, -0.15) is 0 Å². The highest BCUT2D eigenvalue weighted by molar-refractivity contribution is 5.66. The number of ether oxygens (including phenoxy) is 1. The van der Waals surface area contributed by atoms with Crippen molar-refractivity contribution in [3.63, 3.8) is 0 Å². The molecule has 0 bridgehead atoms. The normalized spacial score (nSPS) is 16.3. The highest BCUT2D eigenvalue weighted by Crippen LogP contribution is 2.27. The van der Waals surface area contributed by atoms with Crippen LogP contribution < -0.4 is 5.32 Å². The fourth-order valence-electron chi connectivity index (χ4n) is 2.76. The Morgan fingerprint density at radius 1 is 1.11 bits per heavy atom. The van der Waals surface area contributed by atoms with Crippen LogP contribution >= 0.6 is 0 Å². The van der Waals surface area contributed by atoms with E-state index in [0.717, 1.165) is 31.7 Å². The molecule has 0 aromatic heterocycles. The molecule has 1 N–H and O–H groups in total. The van der Waals surface area contributed by atoms with Crippen LogP contribution in [-0.4, -0.2) is 19.2 Å². The topological polar surface area (TPSA) is 38.3 Å². The summed E-state index contributed by atoms with van der Waals surface area (Å²) in [5.74, 6) is 0.987. The molecule has 0 aromatic rings. The molecule has 1 saturated carbocycles. The van der Waals surface area contributed by atoms with Crippen LogP contribution in [0.2, 0.25) is 0 Å². The fraction of sp³-hybridized carbons (Fsp3) is 0.938. The average molecular weight is 269 g/mol. The second-order valence-corrected chi connectivity index (χ2v) is 5.77. The van der Waals surface area contributed by atoms with Gasteiger partial charge in [0.1, 0.15) is 0 Å². The van der Waals surface area contributed by atoms with Crippen molar-refractivity contribution >= 4 is 6.09 Å². The number of unbranched alkanes of at least 4 members (excludes halogenated alkanes) is 3. The van der Waals surface area contributed by atoms with Gasteiger partial charge in [-0.3, -0.25) is 0 Å². The maximum atomic E-state index is 11.3. The molecule has 19 heavy (non-hydrogen) atoms. The molecule has 3 heteroatoms. The third-order valence-corrected chi connectivity index (χ3v) is 4.01. The van der Waals surface area contributed by atoms with Crippen LogP contribution in [0.5, 0.6) is 0 Å². The van der Waals surface area contributed by atoms with E-state index < -0.39 is 0 Å². The van der Waals surface area contributed by atoms with Crippen molar-refractivity contribution in [3.05, 3.63) is 0 Å². The van der Waals surface area contributed by atoms with Gasteiger partial charge in [0.25, 0.3) is 0 Å². The highest BCUT2D eigenvalue weighted by atomic mass is 16.5. The van der Waals surface area contributed by atoms with Crippen molar-refractivity contribution < 1.29 is 9.53 Å². The van der Waals surface area contributed by atoms with Crippen LogP contribution in [0.15, 0.2) is 0 Å². The Morgan fingerprint density at radius 2 is 1.89 bits per heavy atom. The molecule has 0 atom stereocenters. The molecule has 0 spiro atoms. The van der Waals surface area contributed by atoms with Crippen molar-refractivity contribution in [1.82, 2.24) is 5.32 Å². The summed E-state index contributed by atoms with van der Waals surface area (Å²) in [7, 11) is 0. The maximum Gasteiger partial charge on any atom is 0.407 e. The van der Waals surface area contributed by atoms with Crippen LogP contribution in [0.25, 0.3) is 0 Å².